The van der Waals surface area contributed by atoms with Gasteiger partial charge in [-0.05, 0) is 49.6 Å². The summed E-state index contributed by atoms with van der Waals surface area (Å²) in [6.45, 7) is 5.44. The van der Waals surface area contributed by atoms with Crippen molar-refractivity contribution in [2.75, 3.05) is 0 Å². The number of hydrogen-bond donors (Lipinski definition) is 2. The van der Waals surface area contributed by atoms with E-state index in [1.54, 1.807) is 43.3 Å². The van der Waals surface area contributed by atoms with Gasteiger partial charge >= 0.3 is 5.97 Å². The average molecular weight is 327 g/mol. The molecule has 0 saturated heterocycles. The second kappa shape index (κ2) is 7.64. The minimum Gasteiger partial charge on any atom is -0.481 e. The van der Waals surface area contributed by atoms with E-state index in [0.29, 0.717) is 11.3 Å². The van der Waals surface area contributed by atoms with Crippen LogP contribution in [0.25, 0.3) is 0 Å². The molecule has 1 amide bonds. The van der Waals surface area contributed by atoms with Crippen molar-refractivity contribution in [2.24, 2.45) is 0 Å². The fourth-order valence-corrected chi connectivity index (χ4v) is 2.25. The predicted octanol–water partition coefficient (Wildman–Crippen LogP) is 3.01. The minimum absolute atomic E-state index is 0.482. The van der Waals surface area contributed by atoms with E-state index in [-0.39, 0.29) is 0 Å². The summed E-state index contributed by atoms with van der Waals surface area (Å²) >= 11 is 0. The van der Waals surface area contributed by atoms with E-state index in [1.807, 2.05) is 26.0 Å². The van der Waals surface area contributed by atoms with Crippen LogP contribution in [-0.2, 0) is 9.59 Å². The van der Waals surface area contributed by atoms with Gasteiger partial charge in [-0.25, -0.2) is 4.79 Å². The van der Waals surface area contributed by atoms with Crippen molar-refractivity contribution >= 4 is 11.9 Å². The number of hydrogen-bond acceptors (Lipinski definition) is 3. The predicted molar refractivity (Wildman–Crippen MR) is 91.0 cm³/mol. The quantitative estimate of drug-likeness (QED) is 0.855. The number of carboxylic acids is 1. The first-order chi connectivity index (χ1) is 11.4. The van der Waals surface area contributed by atoms with Crippen molar-refractivity contribution in [1.82, 2.24) is 5.32 Å². The number of aliphatic carboxylic acids is 1. The summed E-state index contributed by atoms with van der Waals surface area (Å²) in [7, 11) is 0. The number of carbonyl (C=O) groups excluding carboxylic acids is 1. The summed E-state index contributed by atoms with van der Waals surface area (Å²) in [4.78, 5) is 23.8. The van der Waals surface area contributed by atoms with Gasteiger partial charge in [0.2, 0.25) is 0 Å². The Balaban J connectivity index is 2.10. The largest absolute Gasteiger partial charge is 0.481 e. The van der Waals surface area contributed by atoms with Gasteiger partial charge in [0.15, 0.2) is 12.1 Å². The Kier molecular flexibility index (Phi) is 5.58. The summed E-state index contributed by atoms with van der Waals surface area (Å²) in [5.74, 6) is -1.04. The molecule has 5 nitrogen and oxygen atoms in total. The topological polar surface area (TPSA) is 75.6 Å². The highest BCUT2D eigenvalue weighted by Crippen LogP contribution is 2.18. The van der Waals surface area contributed by atoms with E-state index in [4.69, 9.17) is 4.74 Å². The summed E-state index contributed by atoms with van der Waals surface area (Å²) in [6.07, 6.45) is -0.805. The van der Waals surface area contributed by atoms with Crippen LogP contribution in [0.2, 0.25) is 0 Å². The third kappa shape index (κ3) is 4.35. The van der Waals surface area contributed by atoms with Gasteiger partial charge in [-0.3, -0.25) is 4.79 Å². The Morgan fingerprint density at radius 1 is 1.04 bits per heavy atom. The van der Waals surface area contributed by atoms with Gasteiger partial charge in [0.25, 0.3) is 5.91 Å². The number of para-hydroxylation sites is 1. The lowest BCUT2D eigenvalue weighted by Crippen LogP contribution is -2.41. The van der Waals surface area contributed by atoms with Crippen LogP contribution >= 0.6 is 0 Å². The highest BCUT2D eigenvalue weighted by atomic mass is 16.5. The lowest BCUT2D eigenvalue weighted by Gasteiger charge is -2.19. The highest BCUT2D eigenvalue weighted by Gasteiger charge is 2.25. The molecule has 0 bridgehead atoms. The molecule has 0 radical (unpaired) electrons. The van der Waals surface area contributed by atoms with Gasteiger partial charge in [-0.2, -0.15) is 0 Å². The van der Waals surface area contributed by atoms with Gasteiger partial charge in [0, 0.05) is 0 Å². The highest BCUT2D eigenvalue weighted by molar-refractivity contribution is 5.87. The second-order valence-corrected chi connectivity index (χ2v) is 5.70. The van der Waals surface area contributed by atoms with Crippen LogP contribution in [-0.4, -0.2) is 23.1 Å². The summed E-state index contributed by atoms with van der Waals surface area (Å²) in [5, 5.41) is 12.0. The molecule has 0 heterocycles. The Labute approximate surface area is 141 Å². The maximum absolute atomic E-state index is 12.3. The van der Waals surface area contributed by atoms with Crippen LogP contribution in [0.15, 0.2) is 48.5 Å². The average Bonchev–Trinajstić information content (AvgIpc) is 2.55. The molecule has 2 atom stereocenters. The SMILES string of the molecule is Cc1ccc(C(NC(=O)C(C)Oc2ccccc2)C(=O)O)cc1C. The number of ether oxygens (including phenoxy) is 1. The molecule has 126 valence electrons. The number of benzene rings is 2. The van der Waals surface area contributed by atoms with Gasteiger partial charge < -0.3 is 15.2 Å². The molecular formula is C19H21NO4. The fraction of sp³-hybridized carbons (Fsp3) is 0.263. The molecule has 2 unspecified atom stereocenters. The Morgan fingerprint density at radius 2 is 1.71 bits per heavy atom. The number of carbonyl (C=O) groups is 2. The molecule has 2 rings (SSSR count). The standard InChI is InChI=1S/C19H21NO4/c1-12-9-10-15(11-13(12)2)17(19(22)23)20-18(21)14(3)24-16-7-5-4-6-8-16/h4-11,14,17H,1-3H3,(H,20,21)(H,22,23). The minimum atomic E-state index is -1.11. The number of nitrogens with one attached hydrogen (secondary N) is 1. The van der Waals surface area contributed by atoms with E-state index in [9.17, 15) is 14.7 Å². The summed E-state index contributed by atoms with van der Waals surface area (Å²) in [6, 6.07) is 13.1. The molecule has 2 aromatic rings. The Morgan fingerprint density at radius 3 is 2.29 bits per heavy atom. The smallest absolute Gasteiger partial charge is 0.330 e. The van der Waals surface area contributed by atoms with Crippen LogP contribution in [0.3, 0.4) is 0 Å². The van der Waals surface area contributed by atoms with Crippen LogP contribution in [0.4, 0.5) is 0 Å². The Bertz CT molecular complexity index is 727. The van der Waals surface area contributed by atoms with Gasteiger partial charge in [0.1, 0.15) is 5.75 Å². The lowest BCUT2D eigenvalue weighted by atomic mass is 10.0. The Hall–Kier alpha value is -2.82. The first kappa shape index (κ1) is 17.5. The first-order valence-corrected chi connectivity index (χ1v) is 7.70. The molecule has 0 spiro atoms. The number of amides is 1. The van der Waals surface area contributed by atoms with Crippen molar-refractivity contribution in [3.8, 4) is 5.75 Å². The van der Waals surface area contributed by atoms with Crippen LogP contribution in [0.1, 0.15) is 29.7 Å². The number of carboxylic acid groups (broad SMARTS) is 1. The molecule has 24 heavy (non-hydrogen) atoms. The normalized spacial score (nSPS) is 13.0. The zero-order chi connectivity index (χ0) is 17.7. The molecule has 0 fully saturated rings. The fourth-order valence-electron chi connectivity index (χ4n) is 2.25. The van der Waals surface area contributed by atoms with Crippen molar-refractivity contribution in [1.29, 1.82) is 0 Å². The maximum Gasteiger partial charge on any atom is 0.330 e. The van der Waals surface area contributed by atoms with Crippen LogP contribution in [0.5, 0.6) is 5.75 Å². The third-order valence-corrected chi connectivity index (χ3v) is 3.82. The van der Waals surface area contributed by atoms with E-state index < -0.39 is 24.0 Å². The molecule has 2 N–H and O–H groups in total. The number of rotatable bonds is 6. The van der Waals surface area contributed by atoms with E-state index in [0.717, 1.165) is 11.1 Å². The van der Waals surface area contributed by atoms with Crippen molar-refractivity contribution < 1.29 is 19.4 Å². The molecule has 2 aromatic carbocycles. The summed E-state index contributed by atoms with van der Waals surface area (Å²) in [5.41, 5.74) is 2.57. The third-order valence-electron chi connectivity index (χ3n) is 3.82. The van der Waals surface area contributed by atoms with Crippen molar-refractivity contribution in [3.05, 3.63) is 65.2 Å². The molecule has 0 aliphatic rings. The molecule has 0 aliphatic heterocycles. The molecule has 5 heteroatoms. The second-order valence-electron chi connectivity index (χ2n) is 5.70. The van der Waals surface area contributed by atoms with E-state index >= 15 is 0 Å². The molecule has 0 aromatic heterocycles. The van der Waals surface area contributed by atoms with Gasteiger partial charge in [0.05, 0.1) is 0 Å². The number of aryl methyl sites for hydroxylation is 2. The lowest BCUT2D eigenvalue weighted by molar-refractivity contribution is -0.143. The zero-order valence-electron chi connectivity index (χ0n) is 13.9. The molecule has 0 aliphatic carbocycles. The summed E-state index contributed by atoms with van der Waals surface area (Å²) < 4.78 is 5.53. The molecule has 0 saturated carbocycles. The maximum atomic E-state index is 12.3. The van der Waals surface area contributed by atoms with Gasteiger partial charge in [-0.15, -0.1) is 0 Å². The van der Waals surface area contributed by atoms with Crippen LogP contribution < -0.4 is 10.1 Å². The van der Waals surface area contributed by atoms with Crippen molar-refractivity contribution in [3.63, 3.8) is 0 Å². The van der Waals surface area contributed by atoms with Crippen LogP contribution in [0, 0.1) is 13.8 Å². The first-order valence-electron chi connectivity index (χ1n) is 7.70. The van der Waals surface area contributed by atoms with Gasteiger partial charge in [-0.1, -0.05) is 36.4 Å². The molecular weight excluding hydrogens is 306 g/mol. The van der Waals surface area contributed by atoms with E-state index in [1.165, 1.54) is 0 Å². The van der Waals surface area contributed by atoms with Crippen molar-refractivity contribution in [2.45, 2.75) is 32.9 Å². The monoisotopic (exact) mass is 327 g/mol. The zero-order valence-corrected chi connectivity index (χ0v) is 13.9. The van der Waals surface area contributed by atoms with E-state index in [2.05, 4.69) is 5.32 Å².